The molecular formula is C17H25N5O. The highest BCUT2D eigenvalue weighted by molar-refractivity contribution is 5.27. The summed E-state index contributed by atoms with van der Waals surface area (Å²) in [6.45, 7) is 7.67. The van der Waals surface area contributed by atoms with E-state index in [1.807, 2.05) is 16.8 Å². The lowest BCUT2D eigenvalue weighted by molar-refractivity contribution is 0.129. The third kappa shape index (κ3) is 4.77. The number of benzene rings is 1. The van der Waals surface area contributed by atoms with Crippen molar-refractivity contribution in [3.05, 3.63) is 42.5 Å². The molecule has 1 aromatic carbocycles. The maximum absolute atomic E-state index is 5.20. The molecule has 2 heterocycles. The van der Waals surface area contributed by atoms with Gasteiger partial charge in [0.1, 0.15) is 18.4 Å². The van der Waals surface area contributed by atoms with Crippen molar-refractivity contribution in [1.82, 2.24) is 24.6 Å². The second-order valence-corrected chi connectivity index (χ2v) is 5.94. The summed E-state index contributed by atoms with van der Waals surface area (Å²) in [5.74, 6) is 0.926. The number of nitrogens with zero attached hydrogens (tertiary/aromatic N) is 5. The maximum atomic E-state index is 5.20. The van der Waals surface area contributed by atoms with E-state index in [0.717, 1.165) is 58.0 Å². The summed E-state index contributed by atoms with van der Waals surface area (Å²) in [5.41, 5.74) is 1.37. The van der Waals surface area contributed by atoms with Crippen molar-refractivity contribution in [2.75, 3.05) is 46.4 Å². The average molecular weight is 315 g/mol. The molecule has 0 radical (unpaired) electrons. The molecule has 6 nitrogen and oxygen atoms in total. The molecule has 2 aromatic rings. The first-order chi connectivity index (χ1) is 11.3. The zero-order valence-corrected chi connectivity index (χ0v) is 13.8. The zero-order chi connectivity index (χ0) is 15.9. The quantitative estimate of drug-likeness (QED) is 0.767. The zero-order valence-electron chi connectivity index (χ0n) is 13.8. The number of ether oxygens (including phenoxy) is 1. The molecule has 1 aliphatic rings. The molecule has 1 aliphatic heterocycles. The molecule has 0 amide bonds. The Labute approximate surface area is 137 Å². The SMILES string of the molecule is COc1ccc(CCN2CCN(CCn3cncn3)CC2)cc1. The van der Waals surface area contributed by atoms with Crippen LogP contribution in [0.1, 0.15) is 5.56 Å². The van der Waals surface area contributed by atoms with Crippen molar-refractivity contribution in [3.63, 3.8) is 0 Å². The van der Waals surface area contributed by atoms with Gasteiger partial charge in [-0.15, -0.1) is 0 Å². The monoisotopic (exact) mass is 315 g/mol. The van der Waals surface area contributed by atoms with Crippen LogP contribution in [-0.2, 0) is 13.0 Å². The van der Waals surface area contributed by atoms with Crippen LogP contribution in [0.4, 0.5) is 0 Å². The Morgan fingerprint density at radius 3 is 2.26 bits per heavy atom. The van der Waals surface area contributed by atoms with Gasteiger partial charge in [0.05, 0.1) is 13.7 Å². The van der Waals surface area contributed by atoms with Crippen molar-refractivity contribution < 1.29 is 4.74 Å². The maximum Gasteiger partial charge on any atom is 0.137 e. The van der Waals surface area contributed by atoms with Crippen LogP contribution in [0.2, 0.25) is 0 Å². The Kier molecular flexibility index (Phi) is 5.60. The number of methoxy groups -OCH3 is 1. The molecule has 1 aromatic heterocycles. The minimum Gasteiger partial charge on any atom is -0.497 e. The highest BCUT2D eigenvalue weighted by Crippen LogP contribution is 2.12. The van der Waals surface area contributed by atoms with E-state index >= 15 is 0 Å². The van der Waals surface area contributed by atoms with Crippen molar-refractivity contribution in [1.29, 1.82) is 0 Å². The molecular weight excluding hydrogens is 290 g/mol. The Balaban J connectivity index is 1.35. The van der Waals surface area contributed by atoms with Crippen molar-refractivity contribution in [3.8, 4) is 5.75 Å². The summed E-state index contributed by atoms with van der Waals surface area (Å²) < 4.78 is 7.10. The van der Waals surface area contributed by atoms with Crippen molar-refractivity contribution in [2.45, 2.75) is 13.0 Å². The lowest BCUT2D eigenvalue weighted by atomic mass is 10.1. The molecule has 124 valence electrons. The molecule has 0 saturated carbocycles. The molecule has 0 unspecified atom stereocenters. The van der Waals surface area contributed by atoms with E-state index in [2.05, 4.69) is 32.0 Å². The number of rotatable bonds is 7. The van der Waals surface area contributed by atoms with Gasteiger partial charge in [-0.3, -0.25) is 9.58 Å². The van der Waals surface area contributed by atoms with Crippen LogP contribution in [0.25, 0.3) is 0 Å². The van der Waals surface area contributed by atoms with Gasteiger partial charge >= 0.3 is 0 Å². The number of hydrogen-bond acceptors (Lipinski definition) is 5. The predicted octanol–water partition coefficient (Wildman–Crippen LogP) is 1.15. The van der Waals surface area contributed by atoms with Gasteiger partial charge in [0.2, 0.25) is 0 Å². The number of piperazine rings is 1. The fourth-order valence-electron chi connectivity index (χ4n) is 2.91. The first-order valence-electron chi connectivity index (χ1n) is 8.23. The molecule has 1 saturated heterocycles. The number of aromatic nitrogens is 3. The largest absolute Gasteiger partial charge is 0.497 e. The molecule has 23 heavy (non-hydrogen) atoms. The predicted molar refractivity (Wildman–Crippen MR) is 89.6 cm³/mol. The standard InChI is InChI=1S/C17H25N5O/c1-23-17-4-2-16(3-5-17)6-7-20-8-10-21(11-9-20)12-13-22-15-18-14-19-22/h2-5,14-15H,6-13H2,1H3. The second-order valence-electron chi connectivity index (χ2n) is 5.94. The summed E-state index contributed by atoms with van der Waals surface area (Å²) in [4.78, 5) is 9.04. The van der Waals surface area contributed by atoms with Crippen molar-refractivity contribution in [2.24, 2.45) is 0 Å². The summed E-state index contributed by atoms with van der Waals surface area (Å²) >= 11 is 0. The van der Waals surface area contributed by atoms with E-state index in [9.17, 15) is 0 Å². The molecule has 3 rings (SSSR count). The smallest absolute Gasteiger partial charge is 0.137 e. The number of hydrogen-bond donors (Lipinski definition) is 0. The van der Waals surface area contributed by atoms with E-state index in [1.54, 1.807) is 19.8 Å². The summed E-state index contributed by atoms with van der Waals surface area (Å²) in [6, 6.07) is 8.40. The Hall–Kier alpha value is -1.92. The van der Waals surface area contributed by atoms with Gasteiger partial charge in [-0.2, -0.15) is 5.10 Å². The van der Waals surface area contributed by atoms with Gasteiger partial charge in [-0.05, 0) is 24.1 Å². The van der Waals surface area contributed by atoms with Gasteiger partial charge < -0.3 is 9.64 Å². The molecule has 1 fully saturated rings. The third-order valence-electron chi connectivity index (χ3n) is 4.45. The van der Waals surface area contributed by atoms with E-state index < -0.39 is 0 Å². The van der Waals surface area contributed by atoms with Gasteiger partial charge in [-0.25, -0.2) is 4.98 Å². The summed E-state index contributed by atoms with van der Waals surface area (Å²) in [7, 11) is 1.71. The van der Waals surface area contributed by atoms with Crippen molar-refractivity contribution >= 4 is 0 Å². The Morgan fingerprint density at radius 2 is 1.65 bits per heavy atom. The van der Waals surface area contributed by atoms with E-state index in [1.165, 1.54) is 5.56 Å². The van der Waals surface area contributed by atoms with Crippen LogP contribution >= 0.6 is 0 Å². The van der Waals surface area contributed by atoms with Gasteiger partial charge in [0.15, 0.2) is 0 Å². The van der Waals surface area contributed by atoms with Crippen LogP contribution in [0.15, 0.2) is 36.9 Å². The molecule has 0 aliphatic carbocycles. The highest BCUT2D eigenvalue weighted by Gasteiger charge is 2.16. The minimum absolute atomic E-state index is 0.922. The van der Waals surface area contributed by atoms with Gasteiger partial charge in [-0.1, -0.05) is 12.1 Å². The van der Waals surface area contributed by atoms with Gasteiger partial charge in [0, 0.05) is 39.3 Å². The molecule has 0 atom stereocenters. The topological polar surface area (TPSA) is 46.4 Å². The van der Waals surface area contributed by atoms with Crippen LogP contribution in [-0.4, -0.2) is 70.9 Å². The molecule has 6 heteroatoms. The summed E-state index contributed by atoms with van der Waals surface area (Å²) in [6.07, 6.45) is 4.48. The summed E-state index contributed by atoms with van der Waals surface area (Å²) in [5, 5.41) is 4.15. The lowest BCUT2D eigenvalue weighted by Crippen LogP contribution is -2.47. The Bertz CT molecular complexity index is 561. The molecule has 0 spiro atoms. The normalized spacial score (nSPS) is 16.6. The van der Waals surface area contributed by atoms with Crippen LogP contribution < -0.4 is 4.74 Å². The van der Waals surface area contributed by atoms with Gasteiger partial charge in [0.25, 0.3) is 0 Å². The third-order valence-corrected chi connectivity index (χ3v) is 4.45. The van der Waals surface area contributed by atoms with E-state index in [0.29, 0.717) is 0 Å². The first-order valence-corrected chi connectivity index (χ1v) is 8.23. The van der Waals surface area contributed by atoms with E-state index in [-0.39, 0.29) is 0 Å². The molecule has 0 bridgehead atoms. The van der Waals surface area contributed by atoms with Crippen LogP contribution in [0.3, 0.4) is 0 Å². The second kappa shape index (κ2) is 8.08. The first kappa shape index (κ1) is 16.0. The molecule has 0 N–H and O–H groups in total. The van der Waals surface area contributed by atoms with E-state index in [4.69, 9.17) is 4.74 Å². The lowest BCUT2D eigenvalue weighted by Gasteiger charge is -2.34. The fourth-order valence-corrected chi connectivity index (χ4v) is 2.91. The highest BCUT2D eigenvalue weighted by atomic mass is 16.5. The van der Waals surface area contributed by atoms with Crippen LogP contribution in [0, 0.1) is 0 Å². The Morgan fingerprint density at radius 1 is 0.957 bits per heavy atom. The minimum atomic E-state index is 0.922. The fraction of sp³-hybridized carbons (Fsp3) is 0.529. The van der Waals surface area contributed by atoms with Crippen LogP contribution in [0.5, 0.6) is 5.75 Å². The average Bonchev–Trinajstić information content (AvgIpc) is 3.13.